The van der Waals surface area contributed by atoms with Crippen LogP contribution >= 0.6 is 0 Å². The molecule has 29 heavy (non-hydrogen) atoms. The van der Waals surface area contributed by atoms with Crippen molar-refractivity contribution in [2.24, 2.45) is 0 Å². The molecule has 1 aromatic carbocycles. The number of amides is 2. The number of carbonyl (C=O) groups is 2. The Morgan fingerprint density at radius 3 is 2.83 bits per heavy atom. The Labute approximate surface area is 172 Å². The first-order valence-electron chi connectivity index (χ1n) is 10.5. The molecular weight excluding hydrogens is 362 g/mol. The molecule has 5 nitrogen and oxygen atoms in total. The van der Waals surface area contributed by atoms with E-state index >= 15 is 0 Å². The van der Waals surface area contributed by atoms with Gasteiger partial charge in [-0.2, -0.15) is 0 Å². The van der Waals surface area contributed by atoms with Gasteiger partial charge in [0.2, 0.25) is 11.8 Å². The molecule has 1 N–H and O–H groups in total. The van der Waals surface area contributed by atoms with Crippen molar-refractivity contribution in [1.29, 1.82) is 0 Å². The molecule has 0 fully saturated rings. The lowest BCUT2D eigenvalue weighted by Gasteiger charge is -2.23. The summed E-state index contributed by atoms with van der Waals surface area (Å²) in [7, 11) is 0. The van der Waals surface area contributed by atoms with Gasteiger partial charge in [-0.15, -0.1) is 0 Å². The van der Waals surface area contributed by atoms with Gasteiger partial charge in [-0.1, -0.05) is 30.7 Å². The number of carbonyl (C=O) groups excluding carboxylic acids is 2. The third kappa shape index (κ3) is 6.56. The number of nitrogens with zero attached hydrogens (tertiary/aromatic N) is 2. The number of hydrogen-bond donors (Lipinski definition) is 1. The molecule has 0 radical (unpaired) electrons. The van der Waals surface area contributed by atoms with Crippen molar-refractivity contribution in [3.8, 4) is 0 Å². The van der Waals surface area contributed by atoms with Crippen LogP contribution in [0.25, 0.3) is 6.08 Å². The number of pyridine rings is 1. The number of anilines is 1. The number of fused-ring (bicyclic) bond motifs is 1. The number of benzene rings is 1. The lowest BCUT2D eigenvalue weighted by atomic mass is 10.1. The van der Waals surface area contributed by atoms with Gasteiger partial charge in [-0.25, -0.2) is 0 Å². The predicted molar refractivity (Wildman–Crippen MR) is 116 cm³/mol. The summed E-state index contributed by atoms with van der Waals surface area (Å²) in [5.74, 6) is 0.105. The van der Waals surface area contributed by atoms with Crippen molar-refractivity contribution in [3.63, 3.8) is 0 Å². The van der Waals surface area contributed by atoms with Gasteiger partial charge in [0.05, 0.1) is 0 Å². The topological polar surface area (TPSA) is 62.3 Å². The Hall–Kier alpha value is -2.95. The molecule has 2 aromatic rings. The maximum absolute atomic E-state index is 12.7. The molecule has 1 aromatic heterocycles. The summed E-state index contributed by atoms with van der Waals surface area (Å²) in [5, 5.41) is 2.88. The fourth-order valence-corrected chi connectivity index (χ4v) is 3.58. The molecule has 1 aliphatic rings. The van der Waals surface area contributed by atoms with Crippen LogP contribution in [0.15, 0.2) is 54.9 Å². The van der Waals surface area contributed by atoms with Crippen molar-refractivity contribution in [1.82, 2.24) is 10.3 Å². The first-order chi connectivity index (χ1) is 14.2. The third-order valence-electron chi connectivity index (χ3n) is 5.14. The monoisotopic (exact) mass is 391 g/mol. The molecule has 5 heteroatoms. The first kappa shape index (κ1) is 20.8. The molecule has 0 atom stereocenters. The van der Waals surface area contributed by atoms with Gasteiger partial charge < -0.3 is 10.2 Å². The Morgan fingerprint density at radius 1 is 1.07 bits per heavy atom. The van der Waals surface area contributed by atoms with Gasteiger partial charge in [0, 0.05) is 43.7 Å². The number of nitrogens with one attached hydrogen (secondary N) is 1. The molecule has 0 bridgehead atoms. The van der Waals surface area contributed by atoms with Crippen molar-refractivity contribution in [2.75, 3.05) is 18.0 Å². The van der Waals surface area contributed by atoms with Crippen LogP contribution in [-0.4, -0.2) is 29.9 Å². The molecule has 0 saturated carbocycles. The largest absolute Gasteiger partial charge is 0.353 e. The SMILES string of the molecule is O=C(/C=C/c1cccnc1)NCCCCCC(=O)N1CCCCc2ccccc21. The summed E-state index contributed by atoms with van der Waals surface area (Å²) in [5.41, 5.74) is 3.26. The summed E-state index contributed by atoms with van der Waals surface area (Å²) in [6.07, 6.45) is 13.1. The maximum Gasteiger partial charge on any atom is 0.243 e. The highest BCUT2D eigenvalue weighted by atomic mass is 16.2. The number of para-hydroxylation sites is 1. The smallest absolute Gasteiger partial charge is 0.243 e. The van der Waals surface area contributed by atoms with Crippen LogP contribution in [0.3, 0.4) is 0 Å². The van der Waals surface area contributed by atoms with E-state index < -0.39 is 0 Å². The molecule has 0 saturated heterocycles. The molecule has 0 unspecified atom stereocenters. The lowest BCUT2D eigenvalue weighted by molar-refractivity contribution is -0.119. The van der Waals surface area contributed by atoms with Crippen LogP contribution in [0.5, 0.6) is 0 Å². The van der Waals surface area contributed by atoms with E-state index in [0.717, 1.165) is 56.3 Å². The second kappa shape index (κ2) is 11.1. The molecule has 1 aliphatic heterocycles. The highest BCUT2D eigenvalue weighted by Crippen LogP contribution is 2.26. The van der Waals surface area contributed by atoms with E-state index in [1.165, 1.54) is 11.6 Å². The minimum Gasteiger partial charge on any atom is -0.353 e. The van der Waals surface area contributed by atoms with Gasteiger partial charge in [-0.3, -0.25) is 14.6 Å². The van der Waals surface area contributed by atoms with Crippen molar-refractivity contribution >= 4 is 23.6 Å². The summed E-state index contributed by atoms with van der Waals surface area (Å²) < 4.78 is 0. The van der Waals surface area contributed by atoms with Crippen LogP contribution in [0.1, 0.15) is 49.7 Å². The summed E-state index contributed by atoms with van der Waals surface area (Å²) in [6, 6.07) is 12.0. The quantitative estimate of drug-likeness (QED) is 0.543. The van der Waals surface area contributed by atoms with E-state index in [9.17, 15) is 9.59 Å². The van der Waals surface area contributed by atoms with Gasteiger partial charge in [-0.05, 0) is 61.4 Å². The van der Waals surface area contributed by atoms with Gasteiger partial charge in [0.15, 0.2) is 0 Å². The molecule has 2 amide bonds. The van der Waals surface area contributed by atoms with Crippen molar-refractivity contribution in [3.05, 3.63) is 66.0 Å². The normalized spacial score (nSPS) is 13.7. The zero-order valence-corrected chi connectivity index (χ0v) is 16.8. The van der Waals surface area contributed by atoms with E-state index in [1.54, 1.807) is 18.5 Å². The van der Waals surface area contributed by atoms with Crippen molar-refractivity contribution < 1.29 is 9.59 Å². The fourth-order valence-electron chi connectivity index (χ4n) is 3.58. The highest BCUT2D eigenvalue weighted by molar-refractivity contribution is 5.94. The first-order valence-corrected chi connectivity index (χ1v) is 10.5. The van der Waals surface area contributed by atoms with E-state index in [1.807, 2.05) is 29.2 Å². The Bertz CT molecular complexity index is 833. The van der Waals surface area contributed by atoms with E-state index in [0.29, 0.717) is 13.0 Å². The maximum atomic E-state index is 12.7. The second-order valence-electron chi connectivity index (χ2n) is 7.35. The predicted octanol–water partition coefficient (Wildman–Crippen LogP) is 4.14. The standard InChI is InChI=1S/C24H29N3O2/c28-23(15-14-20-9-8-16-25-19-20)26-17-6-1-2-13-24(29)27-18-7-5-11-21-10-3-4-12-22(21)27/h3-4,8-10,12,14-16,19H,1-2,5-7,11,13,17-18H2,(H,26,28)/b15-14+. The van der Waals surface area contributed by atoms with E-state index in [-0.39, 0.29) is 11.8 Å². The third-order valence-corrected chi connectivity index (χ3v) is 5.14. The Kier molecular flexibility index (Phi) is 7.99. The minimum atomic E-state index is -0.105. The van der Waals surface area contributed by atoms with Gasteiger partial charge in [0.25, 0.3) is 0 Å². The number of aromatic nitrogens is 1. The minimum absolute atomic E-state index is 0.105. The molecule has 2 heterocycles. The molecule has 0 spiro atoms. The van der Waals surface area contributed by atoms with Crippen LogP contribution in [0.2, 0.25) is 0 Å². The van der Waals surface area contributed by atoms with Crippen LogP contribution in [-0.2, 0) is 16.0 Å². The molecule has 152 valence electrons. The average molecular weight is 392 g/mol. The zero-order valence-electron chi connectivity index (χ0n) is 16.8. The van der Waals surface area contributed by atoms with Crippen molar-refractivity contribution in [2.45, 2.75) is 44.9 Å². The second-order valence-corrected chi connectivity index (χ2v) is 7.35. The number of hydrogen-bond acceptors (Lipinski definition) is 3. The van der Waals surface area contributed by atoms with Crippen LogP contribution in [0.4, 0.5) is 5.69 Å². The zero-order chi connectivity index (χ0) is 20.3. The summed E-state index contributed by atoms with van der Waals surface area (Å²) >= 11 is 0. The number of aryl methyl sites for hydroxylation is 1. The van der Waals surface area contributed by atoms with Crippen LogP contribution < -0.4 is 10.2 Å². The highest BCUT2D eigenvalue weighted by Gasteiger charge is 2.20. The van der Waals surface area contributed by atoms with E-state index in [2.05, 4.69) is 22.4 Å². The lowest BCUT2D eigenvalue weighted by Crippen LogP contribution is -2.31. The number of rotatable bonds is 8. The Balaban J connectivity index is 1.34. The van der Waals surface area contributed by atoms with Gasteiger partial charge >= 0.3 is 0 Å². The molecule has 0 aliphatic carbocycles. The van der Waals surface area contributed by atoms with E-state index in [4.69, 9.17) is 0 Å². The molecular formula is C24H29N3O2. The molecule has 3 rings (SSSR count). The van der Waals surface area contributed by atoms with Crippen LogP contribution in [0, 0.1) is 0 Å². The summed E-state index contributed by atoms with van der Waals surface area (Å²) in [6.45, 7) is 1.44. The van der Waals surface area contributed by atoms with Gasteiger partial charge in [0.1, 0.15) is 0 Å². The Morgan fingerprint density at radius 2 is 1.97 bits per heavy atom. The fraction of sp³-hybridized carbons (Fsp3) is 0.375. The summed E-state index contributed by atoms with van der Waals surface area (Å²) in [4.78, 5) is 30.5. The average Bonchev–Trinajstić information content (AvgIpc) is 2.98. The number of unbranched alkanes of at least 4 members (excludes halogenated alkanes) is 2.